The van der Waals surface area contributed by atoms with Crippen molar-refractivity contribution in [2.45, 2.75) is 24.4 Å². The van der Waals surface area contributed by atoms with Crippen LogP contribution in [0.5, 0.6) is 0 Å². The van der Waals surface area contributed by atoms with Crippen molar-refractivity contribution >= 4 is 28.9 Å². The second kappa shape index (κ2) is 5.81. The Balaban J connectivity index is 4.07. The zero-order valence-corrected chi connectivity index (χ0v) is 8.33. The third kappa shape index (κ3) is 3.31. The Kier molecular flexibility index (Phi) is 5.93. The van der Waals surface area contributed by atoms with E-state index in [1.807, 2.05) is 0 Å². The summed E-state index contributed by atoms with van der Waals surface area (Å²) in [5, 5.41) is 35.8. The van der Waals surface area contributed by atoms with Gasteiger partial charge in [0.05, 0.1) is 6.10 Å². The van der Waals surface area contributed by atoms with Gasteiger partial charge >= 0.3 is 0 Å². The SMILES string of the molecule is O=C[C@@H](O)[C@@H](O)[C@H](O)[C@H](O)C[124I]. The molecule has 0 aromatic rings. The lowest BCUT2D eigenvalue weighted by Crippen LogP contribution is -2.45. The Morgan fingerprint density at radius 1 is 1.17 bits per heavy atom. The molecule has 0 bridgehead atoms. The number of halogens is 1. The summed E-state index contributed by atoms with van der Waals surface area (Å²) < 4.78 is 0.210. The smallest absolute Gasteiger partial charge is 0.151 e. The normalized spacial score (nSPS) is 21.1. The highest BCUT2D eigenvalue weighted by Gasteiger charge is 2.29. The molecule has 4 N–H and O–H groups in total. The van der Waals surface area contributed by atoms with Crippen LogP contribution >= 0.6 is 22.6 Å². The van der Waals surface area contributed by atoms with Gasteiger partial charge in [-0.05, 0) is 0 Å². The first-order chi connectivity index (χ1) is 5.54. The van der Waals surface area contributed by atoms with E-state index in [9.17, 15) is 4.79 Å². The Morgan fingerprint density at radius 3 is 2.00 bits per heavy atom. The molecule has 0 rings (SSSR count). The summed E-state index contributed by atoms with van der Waals surface area (Å²) in [4.78, 5) is 9.96. The number of carbonyl (C=O) groups excluding carboxylic acids is 1. The molecule has 0 aliphatic carbocycles. The number of carbonyl (C=O) groups is 1. The number of rotatable bonds is 5. The van der Waals surface area contributed by atoms with Crippen molar-refractivity contribution in [3.8, 4) is 0 Å². The number of aliphatic hydroxyl groups excluding tert-OH is 4. The van der Waals surface area contributed by atoms with Crippen LogP contribution in [0.1, 0.15) is 0 Å². The number of aldehydes is 1. The van der Waals surface area contributed by atoms with E-state index in [-0.39, 0.29) is 10.7 Å². The van der Waals surface area contributed by atoms with Gasteiger partial charge in [-0.2, -0.15) is 0 Å². The van der Waals surface area contributed by atoms with Crippen LogP contribution in [-0.4, -0.2) is 55.6 Å². The Bertz CT molecular complexity index is 142. The highest BCUT2D eigenvalue weighted by atomic mass is 124. The highest BCUT2D eigenvalue weighted by Crippen LogP contribution is 2.05. The molecule has 12 heavy (non-hydrogen) atoms. The van der Waals surface area contributed by atoms with Gasteiger partial charge in [-0.1, -0.05) is 22.6 Å². The molecule has 72 valence electrons. The lowest BCUT2D eigenvalue weighted by atomic mass is 10.1. The van der Waals surface area contributed by atoms with E-state index in [0.29, 0.717) is 0 Å². The van der Waals surface area contributed by atoms with Gasteiger partial charge in [0.2, 0.25) is 0 Å². The monoisotopic (exact) mass is 287 g/mol. The molecule has 0 saturated carbocycles. The summed E-state index contributed by atoms with van der Waals surface area (Å²) in [7, 11) is 0. The van der Waals surface area contributed by atoms with E-state index in [2.05, 4.69) is 0 Å². The first-order valence-electron chi connectivity index (χ1n) is 3.28. The summed E-state index contributed by atoms with van der Waals surface area (Å²) >= 11 is 1.81. The van der Waals surface area contributed by atoms with E-state index in [0.717, 1.165) is 0 Å². The average molecular weight is 287 g/mol. The van der Waals surface area contributed by atoms with E-state index in [1.54, 1.807) is 22.6 Å². The molecule has 6 heteroatoms. The maximum absolute atomic E-state index is 9.96. The highest BCUT2D eigenvalue weighted by molar-refractivity contribution is 14.1. The van der Waals surface area contributed by atoms with Gasteiger partial charge in [-0.25, -0.2) is 0 Å². The van der Waals surface area contributed by atoms with Crippen molar-refractivity contribution in [1.29, 1.82) is 0 Å². The number of hydrogen-bond donors (Lipinski definition) is 4. The van der Waals surface area contributed by atoms with Gasteiger partial charge in [0.25, 0.3) is 0 Å². The van der Waals surface area contributed by atoms with Crippen molar-refractivity contribution in [1.82, 2.24) is 0 Å². The fraction of sp³-hybridized carbons (Fsp3) is 0.833. The zero-order chi connectivity index (χ0) is 9.72. The molecule has 0 spiro atoms. The quantitative estimate of drug-likeness (QED) is 0.268. The molecule has 0 aliphatic rings. The molecule has 0 radical (unpaired) electrons. The van der Waals surface area contributed by atoms with Crippen molar-refractivity contribution in [3.05, 3.63) is 0 Å². The molecule has 5 nitrogen and oxygen atoms in total. The third-order valence-electron chi connectivity index (χ3n) is 1.39. The molecule has 0 saturated heterocycles. The van der Waals surface area contributed by atoms with Gasteiger partial charge in [-0.15, -0.1) is 0 Å². The summed E-state index contributed by atoms with van der Waals surface area (Å²) in [5.41, 5.74) is 0. The molecule has 0 heterocycles. The van der Waals surface area contributed by atoms with Crippen LogP contribution in [0.15, 0.2) is 0 Å². The minimum atomic E-state index is -1.66. The van der Waals surface area contributed by atoms with Crippen LogP contribution in [0.3, 0.4) is 0 Å². The maximum Gasteiger partial charge on any atom is 0.151 e. The van der Waals surface area contributed by atoms with E-state index >= 15 is 0 Å². The van der Waals surface area contributed by atoms with Crippen molar-refractivity contribution < 1.29 is 25.2 Å². The minimum absolute atomic E-state index is 0.105. The topological polar surface area (TPSA) is 98.0 Å². The maximum atomic E-state index is 9.96. The van der Waals surface area contributed by atoms with Crippen molar-refractivity contribution in [2.75, 3.05) is 4.43 Å². The molecule has 0 unspecified atom stereocenters. The molecule has 0 aliphatic heterocycles. The first kappa shape index (κ1) is 12.2. The predicted molar refractivity (Wildman–Crippen MR) is 49.0 cm³/mol. The minimum Gasteiger partial charge on any atom is -0.390 e. The van der Waals surface area contributed by atoms with E-state index in [1.165, 1.54) is 0 Å². The predicted octanol–water partition coefficient (Wildman–Crippen LogP) is -1.94. The van der Waals surface area contributed by atoms with Crippen LogP contribution in [0.4, 0.5) is 0 Å². The van der Waals surface area contributed by atoms with Gasteiger partial charge in [0.1, 0.15) is 18.3 Å². The largest absolute Gasteiger partial charge is 0.390 e. The van der Waals surface area contributed by atoms with Crippen LogP contribution in [0.25, 0.3) is 0 Å². The van der Waals surface area contributed by atoms with Gasteiger partial charge in [-0.3, -0.25) is 0 Å². The van der Waals surface area contributed by atoms with Gasteiger partial charge in [0, 0.05) is 4.43 Å². The van der Waals surface area contributed by atoms with Crippen molar-refractivity contribution in [3.63, 3.8) is 0 Å². The number of hydrogen-bond acceptors (Lipinski definition) is 5. The molecule has 4 atom stereocenters. The fourth-order valence-electron chi connectivity index (χ4n) is 0.601. The number of aliphatic hydroxyl groups is 4. The Hall–Kier alpha value is 0.240. The Labute approximate surface area is 83.2 Å². The molecule has 0 aromatic heterocycles. The van der Waals surface area contributed by atoms with Crippen LogP contribution in [0.2, 0.25) is 0 Å². The summed E-state index contributed by atoms with van der Waals surface area (Å²) in [5.74, 6) is 0. The van der Waals surface area contributed by atoms with Crippen molar-refractivity contribution in [2.24, 2.45) is 0 Å². The number of alkyl halides is 1. The first-order valence-corrected chi connectivity index (χ1v) is 4.80. The second-order valence-electron chi connectivity index (χ2n) is 2.33. The molecule has 0 aromatic carbocycles. The summed E-state index contributed by atoms with van der Waals surface area (Å²) in [6, 6.07) is 0. The summed E-state index contributed by atoms with van der Waals surface area (Å²) in [6.45, 7) is 0. The molecular weight excluding hydrogens is 276 g/mol. The fourth-order valence-corrected chi connectivity index (χ4v) is 1.12. The zero-order valence-electron chi connectivity index (χ0n) is 6.17. The van der Waals surface area contributed by atoms with Gasteiger partial charge in [0.15, 0.2) is 6.29 Å². The van der Waals surface area contributed by atoms with Crippen LogP contribution in [-0.2, 0) is 4.79 Å². The van der Waals surface area contributed by atoms with E-state index in [4.69, 9.17) is 20.4 Å². The third-order valence-corrected chi connectivity index (χ3v) is 2.29. The molecule has 0 fully saturated rings. The van der Waals surface area contributed by atoms with Crippen LogP contribution < -0.4 is 0 Å². The molecular formula is C6H11IO5. The Morgan fingerprint density at radius 2 is 1.67 bits per heavy atom. The van der Waals surface area contributed by atoms with Crippen LogP contribution in [0, 0.1) is 0 Å². The van der Waals surface area contributed by atoms with E-state index < -0.39 is 24.4 Å². The second-order valence-corrected chi connectivity index (χ2v) is 3.21. The lowest BCUT2D eigenvalue weighted by Gasteiger charge is -2.22. The van der Waals surface area contributed by atoms with Gasteiger partial charge < -0.3 is 25.2 Å². The summed E-state index contributed by atoms with van der Waals surface area (Å²) in [6.07, 6.45) is -5.82. The standard InChI is InChI=1S/C6H11IO5/c7-1-3(9)5(11)6(12)4(10)2-8/h2-6,9-12H,1H2/t3-,4-,5-,6-/m1/s1/i7-3. The lowest BCUT2D eigenvalue weighted by molar-refractivity contribution is -0.131. The molecule has 0 amide bonds. The average Bonchev–Trinajstić information content (AvgIpc) is 2.12.